The Bertz CT molecular complexity index is 807. The zero-order valence-corrected chi connectivity index (χ0v) is 17.4. The van der Waals surface area contributed by atoms with Crippen LogP contribution >= 0.6 is 0 Å². The smallest absolute Gasteiger partial charge is 0.274 e. The quantitative estimate of drug-likeness (QED) is 0.701. The molecule has 0 aliphatic heterocycles. The van der Waals surface area contributed by atoms with Gasteiger partial charge in [0.2, 0.25) is 0 Å². The molecule has 4 rings (SSSR count). The lowest BCUT2D eigenvalue weighted by Crippen LogP contribution is -2.41. The maximum absolute atomic E-state index is 13.1. The highest BCUT2D eigenvalue weighted by atomic mass is 16.3. The Balaban J connectivity index is 1.52. The molecule has 2 aromatic rings. The standard InChI is InChI=1S/C22H32N4O2/c1-4-11-26(14-16-7-8-16)17-9-10-20-19(13-17)21(23-25(20)3)22(27)24(2)15-18-6-5-12-28-18/h5-6,12,16-17H,4,7-11,13-15H2,1-3H3. The Morgan fingerprint density at radius 3 is 2.86 bits per heavy atom. The summed E-state index contributed by atoms with van der Waals surface area (Å²) in [5, 5.41) is 4.63. The van der Waals surface area contributed by atoms with Crippen molar-refractivity contribution in [1.82, 2.24) is 19.6 Å². The van der Waals surface area contributed by atoms with Gasteiger partial charge in [0.1, 0.15) is 5.76 Å². The summed E-state index contributed by atoms with van der Waals surface area (Å²) in [6, 6.07) is 4.27. The maximum Gasteiger partial charge on any atom is 0.274 e. The second-order valence-corrected chi connectivity index (χ2v) is 8.47. The summed E-state index contributed by atoms with van der Waals surface area (Å²) >= 11 is 0. The van der Waals surface area contributed by atoms with Crippen molar-refractivity contribution < 1.29 is 9.21 Å². The first-order chi connectivity index (χ1) is 13.6. The molecule has 2 aliphatic rings. The van der Waals surface area contributed by atoms with Crippen molar-refractivity contribution in [3.05, 3.63) is 41.1 Å². The van der Waals surface area contributed by atoms with Crippen LogP contribution < -0.4 is 0 Å². The van der Waals surface area contributed by atoms with Crippen molar-refractivity contribution in [1.29, 1.82) is 0 Å². The van der Waals surface area contributed by atoms with Gasteiger partial charge in [0, 0.05) is 37.9 Å². The van der Waals surface area contributed by atoms with Crippen molar-refractivity contribution in [2.75, 3.05) is 20.1 Å². The molecule has 6 heteroatoms. The summed E-state index contributed by atoms with van der Waals surface area (Å²) in [5.41, 5.74) is 3.01. The molecular weight excluding hydrogens is 352 g/mol. The van der Waals surface area contributed by atoms with Crippen LogP contribution in [0, 0.1) is 5.92 Å². The number of aryl methyl sites for hydroxylation is 1. The van der Waals surface area contributed by atoms with E-state index < -0.39 is 0 Å². The third-order valence-electron chi connectivity index (χ3n) is 6.17. The number of fused-ring (bicyclic) bond motifs is 1. The molecule has 1 atom stereocenters. The zero-order valence-electron chi connectivity index (χ0n) is 17.4. The highest BCUT2D eigenvalue weighted by molar-refractivity contribution is 5.94. The largest absolute Gasteiger partial charge is 0.467 e. The molecule has 0 saturated heterocycles. The van der Waals surface area contributed by atoms with Crippen molar-refractivity contribution in [2.24, 2.45) is 13.0 Å². The van der Waals surface area contributed by atoms with Crippen molar-refractivity contribution in [2.45, 2.75) is 58.0 Å². The maximum atomic E-state index is 13.1. The first kappa shape index (κ1) is 19.2. The molecule has 0 aromatic carbocycles. The van der Waals surface area contributed by atoms with Crippen LogP contribution in [0.25, 0.3) is 0 Å². The van der Waals surface area contributed by atoms with E-state index in [1.54, 1.807) is 11.2 Å². The van der Waals surface area contributed by atoms with Gasteiger partial charge in [-0.15, -0.1) is 0 Å². The number of nitrogens with zero attached hydrogens (tertiary/aromatic N) is 4. The van der Waals surface area contributed by atoms with Crippen LogP contribution in [-0.2, 0) is 26.4 Å². The van der Waals surface area contributed by atoms with E-state index in [9.17, 15) is 4.79 Å². The molecule has 1 saturated carbocycles. The van der Waals surface area contributed by atoms with Crippen LogP contribution in [-0.4, -0.2) is 51.7 Å². The Kier molecular flexibility index (Phi) is 5.58. The predicted octanol–water partition coefficient (Wildman–Crippen LogP) is 3.26. The Hall–Kier alpha value is -2.08. The lowest BCUT2D eigenvalue weighted by Gasteiger charge is -2.34. The van der Waals surface area contributed by atoms with Crippen LogP contribution in [0.15, 0.2) is 22.8 Å². The van der Waals surface area contributed by atoms with Crippen molar-refractivity contribution >= 4 is 5.91 Å². The number of carbonyl (C=O) groups excluding carboxylic acids is 1. The molecule has 1 amide bonds. The number of rotatable bonds is 8. The second kappa shape index (κ2) is 8.11. The number of carbonyl (C=O) groups is 1. The molecule has 2 aromatic heterocycles. The van der Waals surface area contributed by atoms with E-state index in [-0.39, 0.29) is 5.91 Å². The van der Waals surface area contributed by atoms with Gasteiger partial charge in [0.25, 0.3) is 5.91 Å². The van der Waals surface area contributed by atoms with Gasteiger partial charge in [0.05, 0.1) is 12.8 Å². The van der Waals surface area contributed by atoms with Gasteiger partial charge in [-0.2, -0.15) is 5.10 Å². The molecule has 2 heterocycles. The summed E-state index contributed by atoms with van der Waals surface area (Å²) < 4.78 is 7.32. The lowest BCUT2D eigenvalue weighted by molar-refractivity contribution is 0.0766. The summed E-state index contributed by atoms with van der Waals surface area (Å²) in [6.07, 6.45) is 8.69. The summed E-state index contributed by atoms with van der Waals surface area (Å²) in [6.45, 7) is 5.09. The molecule has 28 heavy (non-hydrogen) atoms. The van der Waals surface area contributed by atoms with E-state index in [0.717, 1.165) is 43.0 Å². The molecule has 6 nitrogen and oxygen atoms in total. The van der Waals surface area contributed by atoms with Gasteiger partial charge in [-0.3, -0.25) is 14.4 Å². The van der Waals surface area contributed by atoms with Gasteiger partial charge < -0.3 is 9.32 Å². The van der Waals surface area contributed by atoms with Crippen LogP contribution in [0.1, 0.15) is 60.1 Å². The zero-order chi connectivity index (χ0) is 19.7. The molecular formula is C22H32N4O2. The Labute approximate surface area is 167 Å². The molecule has 152 valence electrons. The van der Waals surface area contributed by atoms with Gasteiger partial charge in [-0.1, -0.05) is 6.92 Å². The minimum absolute atomic E-state index is 0.0156. The van der Waals surface area contributed by atoms with Crippen molar-refractivity contribution in [3.63, 3.8) is 0 Å². The van der Waals surface area contributed by atoms with E-state index in [1.807, 2.05) is 30.9 Å². The number of amides is 1. The molecule has 0 N–H and O–H groups in total. The molecule has 0 radical (unpaired) electrons. The molecule has 2 aliphatic carbocycles. The number of furan rings is 1. The fourth-order valence-electron chi connectivity index (χ4n) is 4.49. The van der Waals surface area contributed by atoms with E-state index in [1.165, 1.54) is 31.5 Å². The molecule has 0 bridgehead atoms. The number of aromatic nitrogens is 2. The van der Waals surface area contributed by atoms with Crippen LogP contribution in [0.4, 0.5) is 0 Å². The third-order valence-corrected chi connectivity index (χ3v) is 6.17. The summed E-state index contributed by atoms with van der Waals surface area (Å²) in [5.74, 6) is 1.66. The number of hydrogen-bond acceptors (Lipinski definition) is 4. The van der Waals surface area contributed by atoms with E-state index in [2.05, 4.69) is 16.9 Å². The minimum Gasteiger partial charge on any atom is -0.467 e. The lowest BCUT2D eigenvalue weighted by atomic mass is 9.89. The SMILES string of the molecule is CCCN(CC1CC1)C1CCc2c(c(C(=O)N(C)Cc3ccco3)nn2C)C1. The van der Waals surface area contributed by atoms with E-state index >= 15 is 0 Å². The molecule has 1 fully saturated rings. The minimum atomic E-state index is -0.0156. The summed E-state index contributed by atoms with van der Waals surface area (Å²) in [7, 11) is 3.79. The average Bonchev–Trinajstić information content (AvgIpc) is 3.25. The van der Waals surface area contributed by atoms with Crippen LogP contribution in [0.5, 0.6) is 0 Å². The fourth-order valence-corrected chi connectivity index (χ4v) is 4.49. The first-order valence-electron chi connectivity index (χ1n) is 10.6. The number of hydrogen-bond donors (Lipinski definition) is 0. The van der Waals surface area contributed by atoms with Gasteiger partial charge in [-0.25, -0.2) is 0 Å². The topological polar surface area (TPSA) is 54.5 Å². The van der Waals surface area contributed by atoms with Crippen molar-refractivity contribution in [3.8, 4) is 0 Å². The fraction of sp³-hybridized carbons (Fsp3) is 0.636. The third kappa shape index (κ3) is 4.02. The monoisotopic (exact) mass is 384 g/mol. The summed E-state index contributed by atoms with van der Waals surface area (Å²) in [4.78, 5) is 17.5. The predicted molar refractivity (Wildman–Crippen MR) is 108 cm³/mol. The van der Waals surface area contributed by atoms with E-state index in [4.69, 9.17) is 4.42 Å². The normalized spacial score (nSPS) is 19.1. The van der Waals surface area contributed by atoms with Gasteiger partial charge in [-0.05, 0) is 63.1 Å². The highest BCUT2D eigenvalue weighted by Crippen LogP contribution is 2.33. The molecule has 1 unspecified atom stereocenters. The van der Waals surface area contributed by atoms with Gasteiger partial charge in [0.15, 0.2) is 5.69 Å². The second-order valence-electron chi connectivity index (χ2n) is 8.47. The van der Waals surface area contributed by atoms with E-state index in [0.29, 0.717) is 18.3 Å². The molecule has 0 spiro atoms. The Morgan fingerprint density at radius 1 is 1.36 bits per heavy atom. The van der Waals surface area contributed by atoms with Gasteiger partial charge >= 0.3 is 0 Å². The first-order valence-corrected chi connectivity index (χ1v) is 10.6. The average molecular weight is 385 g/mol. The van der Waals surface area contributed by atoms with Crippen LogP contribution in [0.3, 0.4) is 0 Å². The highest BCUT2D eigenvalue weighted by Gasteiger charge is 2.34. The van der Waals surface area contributed by atoms with Crippen LogP contribution in [0.2, 0.25) is 0 Å². The Morgan fingerprint density at radius 2 is 2.18 bits per heavy atom.